The number of aliphatic hydroxyl groups is 1. The second kappa shape index (κ2) is 8.15. The number of benzene rings is 1. The minimum Gasteiger partial charge on any atom is -0.392 e. The Hall–Kier alpha value is -1.39. The van der Waals surface area contributed by atoms with Gasteiger partial charge in [-0.3, -0.25) is 4.79 Å². The Labute approximate surface area is 127 Å². The van der Waals surface area contributed by atoms with E-state index >= 15 is 0 Å². The molecule has 1 aliphatic rings. The van der Waals surface area contributed by atoms with E-state index in [1.165, 1.54) is 12.8 Å². The van der Waals surface area contributed by atoms with Crippen molar-refractivity contribution in [3.05, 3.63) is 35.4 Å². The molecule has 4 nitrogen and oxygen atoms in total. The molecule has 0 spiro atoms. The van der Waals surface area contributed by atoms with Crippen LogP contribution in [0.5, 0.6) is 0 Å². The van der Waals surface area contributed by atoms with E-state index in [2.05, 4.69) is 5.32 Å². The minimum atomic E-state index is -0.152. The van der Waals surface area contributed by atoms with Gasteiger partial charge in [0.1, 0.15) is 0 Å². The highest BCUT2D eigenvalue weighted by atomic mass is 16.3. The molecular weight excluding hydrogens is 264 g/mol. The van der Waals surface area contributed by atoms with Crippen LogP contribution in [0.15, 0.2) is 24.3 Å². The second-order valence-corrected chi connectivity index (χ2v) is 5.82. The molecule has 0 aliphatic carbocycles. The Bertz CT molecular complexity index is 437. The summed E-state index contributed by atoms with van der Waals surface area (Å²) >= 11 is 0. The molecule has 1 amide bonds. The molecule has 2 rings (SSSR count). The molecule has 1 aliphatic heterocycles. The smallest absolute Gasteiger partial charge is 0.239 e. The fraction of sp³-hybridized carbons (Fsp3) is 0.588. The number of rotatable bonds is 5. The summed E-state index contributed by atoms with van der Waals surface area (Å²) in [5.41, 5.74) is 2.04. The molecule has 0 aromatic heterocycles. The van der Waals surface area contributed by atoms with E-state index in [9.17, 15) is 4.79 Å². The van der Waals surface area contributed by atoms with Crippen molar-refractivity contribution in [3.8, 4) is 0 Å². The van der Waals surface area contributed by atoms with Gasteiger partial charge in [-0.15, -0.1) is 0 Å². The standard InChI is InChI=1S/C17H26N2O2/c1-14(17(21)19-10-4-2-3-5-11-19)18-12-15-6-8-16(13-20)9-7-15/h6-9,14,18,20H,2-5,10-13H2,1H3. The summed E-state index contributed by atoms with van der Waals surface area (Å²) in [4.78, 5) is 14.4. The zero-order chi connectivity index (χ0) is 15.1. The maximum atomic E-state index is 12.4. The molecule has 4 heteroatoms. The van der Waals surface area contributed by atoms with Crippen LogP contribution in [-0.4, -0.2) is 35.0 Å². The van der Waals surface area contributed by atoms with Gasteiger partial charge in [0.05, 0.1) is 12.6 Å². The maximum Gasteiger partial charge on any atom is 0.239 e. The molecule has 1 fully saturated rings. The number of carbonyl (C=O) groups excluding carboxylic acids is 1. The van der Waals surface area contributed by atoms with Crippen LogP contribution in [0.4, 0.5) is 0 Å². The molecular formula is C17H26N2O2. The quantitative estimate of drug-likeness (QED) is 0.873. The van der Waals surface area contributed by atoms with Crippen LogP contribution >= 0.6 is 0 Å². The molecule has 0 saturated carbocycles. The number of aliphatic hydroxyl groups excluding tert-OH is 1. The molecule has 1 saturated heterocycles. The van der Waals surface area contributed by atoms with Gasteiger partial charge < -0.3 is 15.3 Å². The highest BCUT2D eigenvalue weighted by molar-refractivity contribution is 5.81. The number of carbonyl (C=O) groups is 1. The first-order chi connectivity index (χ1) is 10.2. The summed E-state index contributed by atoms with van der Waals surface area (Å²) in [7, 11) is 0. The van der Waals surface area contributed by atoms with Crippen LogP contribution in [0.2, 0.25) is 0 Å². The van der Waals surface area contributed by atoms with Gasteiger partial charge in [-0.2, -0.15) is 0 Å². The van der Waals surface area contributed by atoms with Gasteiger partial charge >= 0.3 is 0 Å². The second-order valence-electron chi connectivity index (χ2n) is 5.82. The first-order valence-corrected chi connectivity index (χ1v) is 7.91. The minimum absolute atomic E-state index is 0.0670. The SMILES string of the molecule is CC(NCc1ccc(CO)cc1)C(=O)N1CCCCCC1. The fourth-order valence-corrected chi connectivity index (χ4v) is 2.69. The number of nitrogens with one attached hydrogen (secondary N) is 1. The zero-order valence-electron chi connectivity index (χ0n) is 12.8. The molecule has 2 N–H and O–H groups in total. The van der Waals surface area contributed by atoms with Gasteiger partial charge in [0.25, 0.3) is 0 Å². The number of hydrogen-bond acceptors (Lipinski definition) is 3. The van der Waals surface area contributed by atoms with E-state index in [0.717, 1.165) is 37.1 Å². The Morgan fingerprint density at radius 1 is 1.14 bits per heavy atom. The van der Waals surface area contributed by atoms with Crippen molar-refractivity contribution in [2.45, 2.75) is 51.8 Å². The average Bonchev–Trinajstić information content (AvgIpc) is 2.81. The Balaban J connectivity index is 1.82. The molecule has 1 aromatic rings. The Morgan fingerprint density at radius 2 is 1.71 bits per heavy atom. The van der Waals surface area contributed by atoms with Crippen molar-refractivity contribution >= 4 is 5.91 Å². The maximum absolute atomic E-state index is 12.4. The number of likely N-dealkylation sites (tertiary alicyclic amines) is 1. The topological polar surface area (TPSA) is 52.6 Å². The molecule has 1 heterocycles. The van der Waals surface area contributed by atoms with Crippen molar-refractivity contribution in [3.63, 3.8) is 0 Å². The lowest BCUT2D eigenvalue weighted by atomic mass is 10.1. The summed E-state index contributed by atoms with van der Waals surface area (Å²) in [6.07, 6.45) is 4.73. The van der Waals surface area contributed by atoms with E-state index in [-0.39, 0.29) is 18.6 Å². The summed E-state index contributed by atoms with van der Waals surface area (Å²) in [5.74, 6) is 0.212. The van der Waals surface area contributed by atoms with Crippen LogP contribution in [0.25, 0.3) is 0 Å². The van der Waals surface area contributed by atoms with Crippen LogP contribution in [-0.2, 0) is 17.9 Å². The van der Waals surface area contributed by atoms with Gasteiger partial charge in [0, 0.05) is 19.6 Å². The van der Waals surface area contributed by atoms with Gasteiger partial charge in [-0.25, -0.2) is 0 Å². The Kier molecular flexibility index (Phi) is 6.21. The number of nitrogens with zero attached hydrogens (tertiary/aromatic N) is 1. The van der Waals surface area contributed by atoms with E-state index in [0.29, 0.717) is 6.54 Å². The summed E-state index contributed by atoms with van der Waals surface area (Å²) in [6, 6.07) is 7.65. The lowest BCUT2D eigenvalue weighted by molar-refractivity contribution is -0.133. The summed E-state index contributed by atoms with van der Waals surface area (Å²) in [5, 5.41) is 12.3. The normalized spacial score (nSPS) is 17.3. The first-order valence-electron chi connectivity index (χ1n) is 7.91. The van der Waals surface area contributed by atoms with Gasteiger partial charge in [-0.05, 0) is 30.9 Å². The number of hydrogen-bond donors (Lipinski definition) is 2. The summed E-state index contributed by atoms with van der Waals surface area (Å²) in [6.45, 7) is 4.48. The van der Waals surface area contributed by atoms with Crippen molar-refractivity contribution in [1.82, 2.24) is 10.2 Å². The average molecular weight is 290 g/mol. The first kappa shape index (κ1) is 16.0. The largest absolute Gasteiger partial charge is 0.392 e. The van der Waals surface area contributed by atoms with E-state index in [1.807, 2.05) is 36.1 Å². The lowest BCUT2D eigenvalue weighted by Crippen LogP contribution is -2.45. The number of amides is 1. The van der Waals surface area contributed by atoms with E-state index in [4.69, 9.17) is 5.11 Å². The highest BCUT2D eigenvalue weighted by Crippen LogP contribution is 2.11. The van der Waals surface area contributed by atoms with E-state index in [1.54, 1.807) is 0 Å². The predicted octanol–water partition coefficient (Wildman–Crippen LogP) is 2.06. The van der Waals surface area contributed by atoms with E-state index < -0.39 is 0 Å². The molecule has 0 radical (unpaired) electrons. The summed E-state index contributed by atoms with van der Waals surface area (Å²) < 4.78 is 0. The molecule has 1 aromatic carbocycles. The fourth-order valence-electron chi connectivity index (χ4n) is 2.69. The lowest BCUT2D eigenvalue weighted by Gasteiger charge is -2.24. The van der Waals surface area contributed by atoms with Crippen molar-refractivity contribution in [2.75, 3.05) is 13.1 Å². The predicted molar refractivity (Wildman–Crippen MR) is 83.7 cm³/mol. The van der Waals surface area contributed by atoms with Gasteiger partial charge in [0.15, 0.2) is 0 Å². The third-order valence-electron chi connectivity index (χ3n) is 4.11. The molecule has 116 valence electrons. The third kappa shape index (κ3) is 4.83. The van der Waals surface area contributed by atoms with Gasteiger partial charge in [0.2, 0.25) is 5.91 Å². The highest BCUT2D eigenvalue weighted by Gasteiger charge is 2.20. The van der Waals surface area contributed by atoms with Crippen LogP contribution in [0, 0.1) is 0 Å². The molecule has 1 atom stereocenters. The van der Waals surface area contributed by atoms with Crippen molar-refractivity contribution in [1.29, 1.82) is 0 Å². The van der Waals surface area contributed by atoms with Crippen molar-refractivity contribution < 1.29 is 9.90 Å². The van der Waals surface area contributed by atoms with Crippen LogP contribution in [0.3, 0.4) is 0 Å². The zero-order valence-corrected chi connectivity index (χ0v) is 12.8. The molecule has 1 unspecified atom stereocenters. The van der Waals surface area contributed by atoms with Crippen molar-refractivity contribution in [2.24, 2.45) is 0 Å². The Morgan fingerprint density at radius 3 is 2.29 bits per heavy atom. The molecule has 21 heavy (non-hydrogen) atoms. The molecule has 0 bridgehead atoms. The van der Waals surface area contributed by atoms with Crippen LogP contribution < -0.4 is 5.32 Å². The van der Waals surface area contributed by atoms with Crippen LogP contribution in [0.1, 0.15) is 43.7 Å². The van der Waals surface area contributed by atoms with Gasteiger partial charge in [-0.1, -0.05) is 37.1 Å². The third-order valence-corrected chi connectivity index (χ3v) is 4.11. The monoisotopic (exact) mass is 290 g/mol.